The van der Waals surface area contributed by atoms with Crippen molar-refractivity contribution in [2.45, 2.75) is 43.6 Å². The first kappa shape index (κ1) is 21.9. The summed E-state index contributed by atoms with van der Waals surface area (Å²) in [5, 5.41) is 40.0. The van der Waals surface area contributed by atoms with Crippen LogP contribution in [-0.2, 0) is 11.2 Å². The molecule has 0 amide bonds. The maximum atomic E-state index is 12.3. The Bertz CT molecular complexity index is 817. The first-order valence-electron chi connectivity index (χ1n) is 8.92. The monoisotopic (exact) mass is 430 g/mol. The molecule has 0 bridgehead atoms. The van der Waals surface area contributed by atoms with E-state index in [9.17, 15) is 29.2 Å². The van der Waals surface area contributed by atoms with Crippen LogP contribution in [0.2, 0.25) is 5.02 Å². The van der Waals surface area contributed by atoms with Gasteiger partial charge in [0.2, 0.25) is 0 Å². The molecule has 2 aromatic carbocycles. The lowest BCUT2D eigenvalue weighted by Crippen LogP contribution is -2.55. The molecule has 6 nitrogen and oxygen atoms in total. The van der Waals surface area contributed by atoms with Gasteiger partial charge in [-0.1, -0.05) is 35.9 Å². The minimum Gasteiger partial charge on any atom is -0.435 e. The van der Waals surface area contributed by atoms with Crippen molar-refractivity contribution in [3.05, 3.63) is 64.2 Å². The molecule has 5 atom stereocenters. The predicted octanol–water partition coefficient (Wildman–Crippen LogP) is 2.05. The Morgan fingerprint density at radius 1 is 1.00 bits per heavy atom. The second-order valence-electron chi connectivity index (χ2n) is 6.80. The summed E-state index contributed by atoms with van der Waals surface area (Å²) in [6.45, 7) is -3.42. The van der Waals surface area contributed by atoms with Crippen LogP contribution in [0.25, 0.3) is 0 Å². The van der Waals surface area contributed by atoms with Gasteiger partial charge in [0, 0.05) is 5.02 Å². The Morgan fingerprint density at radius 2 is 1.69 bits per heavy atom. The van der Waals surface area contributed by atoms with Crippen LogP contribution < -0.4 is 4.74 Å². The SMILES string of the molecule is OC[C@H]1O[C@@H](c2ccc(Cl)c(Cc3ccc(OC(F)F)cc3)c2)[C@H](O)[C@@H](O)[C@@H]1O. The summed E-state index contributed by atoms with van der Waals surface area (Å²) in [4.78, 5) is 0. The number of rotatable bonds is 6. The molecule has 4 N–H and O–H groups in total. The summed E-state index contributed by atoms with van der Waals surface area (Å²) < 4.78 is 34.4. The molecule has 2 aromatic rings. The molecule has 1 saturated heterocycles. The zero-order valence-corrected chi connectivity index (χ0v) is 15.9. The van der Waals surface area contributed by atoms with Crippen molar-refractivity contribution in [2.75, 3.05) is 6.61 Å². The molecular weight excluding hydrogens is 410 g/mol. The molecule has 1 aliphatic heterocycles. The maximum Gasteiger partial charge on any atom is 0.387 e. The first-order chi connectivity index (χ1) is 13.8. The van der Waals surface area contributed by atoms with Crippen molar-refractivity contribution in [3.8, 4) is 5.75 Å². The molecule has 158 valence electrons. The summed E-state index contributed by atoms with van der Waals surface area (Å²) in [6, 6.07) is 11.1. The van der Waals surface area contributed by atoms with Crippen molar-refractivity contribution in [2.24, 2.45) is 0 Å². The highest BCUT2D eigenvalue weighted by Gasteiger charge is 2.44. The molecule has 0 radical (unpaired) electrons. The van der Waals surface area contributed by atoms with Gasteiger partial charge in [0.05, 0.1) is 6.61 Å². The molecule has 0 aromatic heterocycles. The number of halogens is 3. The number of ether oxygens (including phenoxy) is 2. The fraction of sp³-hybridized carbons (Fsp3) is 0.400. The Labute approximate surface area is 170 Å². The second kappa shape index (κ2) is 9.34. The molecule has 0 saturated carbocycles. The van der Waals surface area contributed by atoms with Gasteiger partial charge in [0.15, 0.2) is 0 Å². The summed E-state index contributed by atoms with van der Waals surface area (Å²) >= 11 is 6.27. The molecule has 1 fully saturated rings. The minimum atomic E-state index is -2.90. The number of aliphatic hydroxyl groups is 4. The Morgan fingerprint density at radius 3 is 2.31 bits per heavy atom. The van der Waals surface area contributed by atoms with Crippen LogP contribution in [0.5, 0.6) is 5.75 Å². The molecule has 0 aliphatic carbocycles. The average Bonchev–Trinajstić information content (AvgIpc) is 2.69. The summed E-state index contributed by atoms with van der Waals surface area (Å²) in [6.07, 6.45) is -5.92. The van der Waals surface area contributed by atoms with Crippen LogP contribution in [0, 0.1) is 0 Å². The summed E-state index contributed by atoms with van der Waals surface area (Å²) in [5.74, 6) is 0.0462. The fourth-order valence-corrected chi connectivity index (χ4v) is 3.48. The third-order valence-electron chi connectivity index (χ3n) is 4.83. The largest absolute Gasteiger partial charge is 0.435 e. The number of hydrogen-bond donors (Lipinski definition) is 4. The lowest BCUT2D eigenvalue weighted by molar-refractivity contribution is -0.231. The van der Waals surface area contributed by atoms with E-state index in [0.717, 1.165) is 5.56 Å². The van der Waals surface area contributed by atoms with Crippen LogP contribution >= 0.6 is 11.6 Å². The number of aliphatic hydroxyl groups excluding tert-OH is 4. The van der Waals surface area contributed by atoms with Gasteiger partial charge in [-0.05, 0) is 41.3 Å². The van der Waals surface area contributed by atoms with Gasteiger partial charge < -0.3 is 29.9 Å². The lowest BCUT2D eigenvalue weighted by atomic mass is 9.90. The zero-order chi connectivity index (χ0) is 21.1. The molecule has 1 aliphatic rings. The van der Waals surface area contributed by atoms with Crippen LogP contribution in [0.4, 0.5) is 8.78 Å². The molecule has 9 heteroatoms. The highest BCUT2D eigenvalue weighted by atomic mass is 35.5. The van der Waals surface area contributed by atoms with Crippen molar-refractivity contribution >= 4 is 11.6 Å². The van der Waals surface area contributed by atoms with Crippen LogP contribution in [-0.4, -0.2) is 58.1 Å². The summed E-state index contributed by atoms with van der Waals surface area (Å²) in [5.41, 5.74) is 1.99. The van der Waals surface area contributed by atoms with Gasteiger partial charge in [0.1, 0.15) is 36.3 Å². The van der Waals surface area contributed by atoms with Crippen LogP contribution in [0.3, 0.4) is 0 Å². The fourth-order valence-electron chi connectivity index (χ4n) is 3.29. The number of alkyl halides is 2. The van der Waals surface area contributed by atoms with Crippen molar-refractivity contribution in [1.29, 1.82) is 0 Å². The molecular formula is C20H21ClF2O6. The molecule has 0 spiro atoms. The number of hydrogen-bond acceptors (Lipinski definition) is 6. The Hall–Kier alpha value is -1.81. The summed E-state index contributed by atoms with van der Waals surface area (Å²) in [7, 11) is 0. The highest BCUT2D eigenvalue weighted by molar-refractivity contribution is 6.31. The standard InChI is InChI=1S/C20H21ClF2O6/c21-14-6-3-11(19-18(27)17(26)16(25)15(9-24)29-19)8-12(14)7-10-1-4-13(5-2-10)28-20(22)23/h1-6,8,15-20,24-27H,7,9H2/t15-,16-,17+,18-,19+/m1/s1. The second-order valence-corrected chi connectivity index (χ2v) is 7.21. The van der Waals surface area contributed by atoms with Gasteiger partial charge in [-0.15, -0.1) is 0 Å². The first-order valence-corrected chi connectivity index (χ1v) is 9.30. The van der Waals surface area contributed by atoms with E-state index < -0.39 is 43.7 Å². The third kappa shape index (κ3) is 5.03. The van der Waals surface area contributed by atoms with E-state index in [4.69, 9.17) is 16.3 Å². The van der Waals surface area contributed by atoms with Crippen molar-refractivity contribution in [1.82, 2.24) is 0 Å². The van der Waals surface area contributed by atoms with Gasteiger partial charge in [-0.25, -0.2) is 0 Å². The van der Waals surface area contributed by atoms with Crippen LogP contribution in [0.1, 0.15) is 22.8 Å². The van der Waals surface area contributed by atoms with Gasteiger partial charge in [0.25, 0.3) is 0 Å². The zero-order valence-electron chi connectivity index (χ0n) is 15.2. The lowest BCUT2D eigenvalue weighted by Gasteiger charge is -2.40. The quantitative estimate of drug-likeness (QED) is 0.560. The van der Waals surface area contributed by atoms with E-state index in [-0.39, 0.29) is 5.75 Å². The Balaban J connectivity index is 1.81. The third-order valence-corrected chi connectivity index (χ3v) is 5.20. The van der Waals surface area contributed by atoms with Gasteiger partial charge in [-0.3, -0.25) is 0 Å². The smallest absolute Gasteiger partial charge is 0.387 e. The average molecular weight is 431 g/mol. The Kier molecular flexibility index (Phi) is 7.05. The van der Waals surface area contributed by atoms with Crippen molar-refractivity contribution in [3.63, 3.8) is 0 Å². The normalized spacial score (nSPS) is 27.2. The van der Waals surface area contributed by atoms with E-state index in [1.165, 1.54) is 12.1 Å². The van der Waals surface area contributed by atoms with Crippen molar-refractivity contribution < 1.29 is 38.7 Å². The minimum absolute atomic E-state index is 0.0462. The van der Waals surface area contributed by atoms with Crippen LogP contribution in [0.15, 0.2) is 42.5 Å². The van der Waals surface area contributed by atoms with E-state index in [1.807, 2.05) is 0 Å². The van der Waals surface area contributed by atoms with E-state index >= 15 is 0 Å². The van der Waals surface area contributed by atoms with E-state index in [1.54, 1.807) is 30.3 Å². The molecule has 1 heterocycles. The number of benzene rings is 2. The highest BCUT2D eigenvalue weighted by Crippen LogP contribution is 2.34. The molecule has 0 unspecified atom stereocenters. The topological polar surface area (TPSA) is 99.4 Å². The molecule has 29 heavy (non-hydrogen) atoms. The van der Waals surface area contributed by atoms with E-state index in [2.05, 4.69) is 4.74 Å². The van der Waals surface area contributed by atoms with E-state index in [0.29, 0.717) is 22.6 Å². The van der Waals surface area contributed by atoms with Gasteiger partial charge in [-0.2, -0.15) is 8.78 Å². The maximum absolute atomic E-state index is 12.3. The van der Waals surface area contributed by atoms with Gasteiger partial charge >= 0.3 is 6.61 Å². The molecule has 3 rings (SSSR count). The predicted molar refractivity (Wildman–Crippen MR) is 100 cm³/mol.